The second-order valence-corrected chi connectivity index (χ2v) is 5.06. The molecule has 0 aromatic carbocycles. The smallest absolute Gasteiger partial charge is 0.0201 e. The van der Waals surface area contributed by atoms with Crippen LogP contribution in [0.3, 0.4) is 0 Å². The van der Waals surface area contributed by atoms with Gasteiger partial charge in [0.15, 0.2) is 0 Å². The van der Waals surface area contributed by atoms with E-state index in [0.29, 0.717) is 0 Å². The number of halogens is 1. The number of hydrogen-bond acceptors (Lipinski definition) is 2. The summed E-state index contributed by atoms with van der Waals surface area (Å²) >= 11 is 2.45. The average molecular weight is 266 g/mol. The highest BCUT2D eigenvalue weighted by Gasteiger charge is 2.38. The Labute approximate surface area is 82.4 Å². The third kappa shape index (κ3) is 1.55. The predicted molar refractivity (Wildman–Crippen MR) is 54.7 cm³/mol. The van der Waals surface area contributed by atoms with Crippen LogP contribution in [0, 0.1) is 11.8 Å². The quantitative estimate of drug-likeness (QED) is 0.520. The van der Waals surface area contributed by atoms with Crippen LogP contribution in [0.1, 0.15) is 6.92 Å². The highest BCUT2D eigenvalue weighted by atomic mass is 127. The summed E-state index contributed by atoms with van der Waals surface area (Å²) in [5.41, 5.74) is 0. The molecule has 0 aliphatic carbocycles. The van der Waals surface area contributed by atoms with Gasteiger partial charge in [-0.2, -0.15) is 0 Å². The van der Waals surface area contributed by atoms with Crippen LogP contribution < -0.4 is 0 Å². The summed E-state index contributed by atoms with van der Waals surface area (Å²) in [4.78, 5) is 2.58. The van der Waals surface area contributed by atoms with Gasteiger partial charge in [-0.1, -0.05) is 6.92 Å². The Morgan fingerprint density at radius 2 is 1.73 bits per heavy atom. The van der Waals surface area contributed by atoms with E-state index in [2.05, 4.69) is 37.8 Å². The molecular weight excluding hydrogens is 251 g/mol. The monoisotopic (exact) mass is 266 g/mol. The topological polar surface area (TPSA) is 6.48 Å². The van der Waals surface area contributed by atoms with Crippen LogP contribution in [0.5, 0.6) is 0 Å². The lowest BCUT2D eigenvalue weighted by Gasteiger charge is -2.15. The van der Waals surface area contributed by atoms with Crippen LogP contribution >= 0.6 is 22.9 Å². The number of rotatable bonds is 1. The molecular formula is C8H15IN2. The van der Waals surface area contributed by atoms with E-state index in [1.54, 1.807) is 0 Å². The summed E-state index contributed by atoms with van der Waals surface area (Å²) < 4.78 is 2.44. The van der Waals surface area contributed by atoms with Crippen molar-refractivity contribution < 1.29 is 0 Å². The van der Waals surface area contributed by atoms with Gasteiger partial charge in [0.1, 0.15) is 0 Å². The predicted octanol–water partition coefficient (Wildman–Crippen LogP) is 1.22. The molecule has 2 aliphatic heterocycles. The summed E-state index contributed by atoms with van der Waals surface area (Å²) in [5, 5.41) is 0. The minimum Gasteiger partial charge on any atom is -0.303 e. The van der Waals surface area contributed by atoms with Gasteiger partial charge < -0.3 is 4.90 Å². The van der Waals surface area contributed by atoms with Crippen molar-refractivity contribution in [3.63, 3.8) is 0 Å². The van der Waals surface area contributed by atoms with E-state index in [0.717, 1.165) is 11.8 Å². The van der Waals surface area contributed by atoms with Gasteiger partial charge in [-0.25, -0.2) is 3.11 Å². The lowest BCUT2D eigenvalue weighted by atomic mass is 10.0. The number of nitrogens with zero attached hydrogens (tertiary/aromatic N) is 2. The summed E-state index contributed by atoms with van der Waals surface area (Å²) in [5.74, 6) is 1.96. The molecule has 2 atom stereocenters. The van der Waals surface area contributed by atoms with Gasteiger partial charge in [0.25, 0.3) is 0 Å². The Kier molecular flexibility index (Phi) is 2.39. The zero-order valence-corrected chi connectivity index (χ0v) is 9.12. The molecule has 11 heavy (non-hydrogen) atoms. The second kappa shape index (κ2) is 3.18. The number of hydrogen-bond donors (Lipinski definition) is 0. The van der Waals surface area contributed by atoms with Crippen LogP contribution in [0.15, 0.2) is 0 Å². The van der Waals surface area contributed by atoms with Crippen LogP contribution in [0.4, 0.5) is 0 Å². The first kappa shape index (κ1) is 8.26. The second-order valence-electron chi connectivity index (χ2n) is 3.70. The SMILES string of the molecule is CCN1C[C@H]2CN(I)C[C@H]2C1. The zero-order chi connectivity index (χ0) is 7.84. The minimum absolute atomic E-state index is 0.979. The maximum atomic E-state index is 2.58. The summed E-state index contributed by atoms with van der Waals surface area (Å²) in [6.45, 7) is 8.85. The van der Waals surface area contributed by atoms with Gasteiger partial charge in [-0.05, 0) is 18.4 Å². The van der Waals surface area contributed by atoms with Crippen molar-refractivity contribution in [1.82, 2.24) is 8.01 Å². The fourth-order valence-electron chi connectivity index (χ4n) is 2.29. The highest BCUT2D eigenvalue weighted by Crippen LogP contribution is 2.32. The molecule has 64 valence electrons. The highest BCUT2D eigenvalue weighted by molar-refractivity contribution is 14.1. The molecule has 0 saturated carbocycles. The molecule has 2 rings (SSSR count). The van der Waals surface area contributed by atoms with Crippen LogP contribution in [0.2, 0.25) is 0 Å². The molecule has 0 aromatic heterocycles. The first-order valence-corrected chi connectivity index (χ1v) is 5.39. The Balaban J connectivity index is 1.93. The molecule has 0 unspecified atom stereocenters. The maximum absolute atomic E-state index is 2.58. The molecule has 2 nitrogen and oxygen atoms in total. The first-order valence-electron chi connectivity index (χ1n) is 4.42. The van der Waals surface area contributed by atoms with Crippen LogP contribution in [0.25, 0.3) is 0 Å². The van der Waals surface area contributed by atoms with E-state index in [1.807, 2.05) is 0 Å². The molecule has 0 amide bonds. The van der Waals surface area contributed by atoms with Crippen molar-refractivity contribution >= 4 is 22.9 Å². The summed E-state index contributed by atoms with van der Waals surface area (Å²) in [6, 6.07) is 0. The van der Waals surface area contributed by atoms with E-state index in [1.165, 1.54) is 32.7 Å². The summed E-state index contributed by atoms with van der Waals surface area (Å²) in [7, 11) is 0. The third-order valence-electron chi connectivity index (χ3n) is 2.96. The van der Waals surface area contributed by atoms with Gasteiger partial charge in [-0.3, -0.25) is 0 Å². The molecule has 0 bridgehead atoms. The van der Waals surface area contributed by atoms with Crippen LogP contribution in [-0.4, -0.2) is 40.7 Å². The van der Waals surface area contributed by atoms with Gasteiger partial charge in [-0.15, -0.1) is 0 Å². The lowest BCUT2D eigenvalue weighted by Crippen LogP contribution is -2.24. The molecule has 0 spiro atoms. The van der Waals surface area contributed by atoms with E-state index in [-0.39, 0.29) is 0 Å². The normalized spacial score (nSPS) is 39.8. The molecule has 2 heterocycles. The average Bonchev–Trinajstić information content (AvgIpc) is 2.43. The molecule has 2 fully saturated rings. The van der Waals surface area contributed by atoms with Gasteiger partial charge in [0.2, 0.25) is 0 Å². The van der Waals surface area contributed by atoms with Crippen molar-refractivity contribution in [3.8, 4) is 0 Å². The minimum atomic E-state index is 0.979. The van der Waals surface area contributed by atoms with Gasteiger partial charge >= 0.3 is 0 Å². The standard InChI is InChI=1S/C8H15IN2/c1-2-10-3-7-5-11(9)6-8(7)4-10/h7-8H,2-6H2,1H3/t7-,8+. The molecule has 2 saturated heterocycles. The number of fused-ring (bicyclic) bond motifs is 1. The largest absolute Gasteiger partial charge is 0.303 e. The van der Waals surface area contributed by atoms with Crippen molar-refractivity contribution in [3.05, 3.63) is 0 Å². The van der Waals surface area contributed by atoms with Crippen molar-refractivity contribution in [1.29, 1.82) is 0 Å². The Morgan fingerprint density at radius 3 is 2.18 bits per heavy atom. The third-order valence-corrected chi connectivity index (χ3v) is 3.75. The van der Waals surface area contributed by atoms with Crippen molar-refractivity contribution in [2.45, 2.75) is 6.92 Å². The zero-order valence-electron chi connectivity index (χ0n) is 6.96. The molecule has 0 aromatic rings. The van der Waals surface area contributed by atoms with E-state index >= 15 is 0 Å². The number of likely N-dealkylation sites (tertiary alicyclic amines) is 1. The van der Waals surface area contributed by atoms with Crippen molar-refractivity contribution in [2.75, 3.05) is 32.7 Å². The molecule has 3 heteroatoms. The fourth-order valence-corrected chi connectivity index (χ4v) is 3.30. The Bertz CT molecular complexity index is 137. The molecule has 0 radical (unpaired) electrons. The van der Waals surface area contributed by atoms with E-state index in [4.69, 9.17) is 0 Å². The maximum Gasteiger partial charge on any atom is 0.0201 e. The van der Waals surface area contributed by atoms with Crippen molar-refractivity contribution in [2.24, 2.45) is 11.8 Å². The summed E-state index contributed by atoms with van der Waals surface area (Å²) in [6.07, 6.45) is 0. The fraction of sp³-hybridized carbons (Fsp3) is 1.00. The Hall–Kier alpha value is 0.650. The van der Waals surface area contributed by atoms with E-state index < -0.39 is 0 Å². The van der Waals surface area contributed by atoms with Crippen LogP contribution in [-0.2, 0) is 0 Å². The van der Waals surface area contributed by atoms with Gasteiger partial charge in [0, 0.05) is 49.0 Å². The van der Waals surface area contributed by atoms with E-state index in [9.17, 15) is 0 Å². The molecule has 0 N–H and O–H groups in total. The molecule has 2 aliphatic rings. The Morgan fingerprint density at radius 1 is 1.18 bits per heavy atom. The van der Waals surface area contributed by atoms with Gasteiger partial charge in [0.05, 0.1) is 0 Å². The first-order chi connectivity index (χ1) is 5.29. The lowest BCUT2D eigenvalue weighted by molar-refractivity contribution is 0.320.